The zero-order chi connectivity index (χ0) is 19.2. The fraction of sp³-hybridized carbons (Fsp3) is 0.208. The molecule has 1 aliphatic heterocycles. The predicted molar refractivity (Wildman–Crippen MR) is 114 cm³/mol. The van der Waals surface area contributed by atoms with E-state index in [1.165, 1.54) is 0 Å². The Morgan fingerprint density at radius 1 is 0.821 bits per heavy atom. The third-order valence-corrected chi connectivity index (χ3v) is 6.30. The molecule has 0 aliphatic carbocycles. The molecule has 28 heavy (non-hydrogen) atoms. The Morgan fingerprint density at radius 3 is 2.14 bits per heavy atom. The van der Waals surface area contributed by atoms with Crippen molar-refractivity contribution in [3.05, 3.63) is 90.5 Å². The van der Waals surface area contributed by atoms with Crippen molar-refractivity contribution in [1.29, 1.82) is 0 Å². The maximum atomic E-state index is 13.5. The minimum atomic E-state index is -0.552. The maximum absolute atomic E-state index is 13.5. The van der Waals surface area contributed by atoms with Gasteiger partial charge in [-0.1, -0.05) is 72.4 Å². The zero-order valence-corrected chi connectivity index (χ0v) is 16.5. The second-order valence-corrected chi connectivity index (χ2v) is 8.04. The number of nitrogens with one attached hydrogen (secondary N) is 1. The number of benzene rings is 3. The third kappa shape index (κ3) is 3.98. The first kappa shape index (κ1) is 18.8. The number of para-hydroxylation sites is 1. The molecule has 0 bridgehead atoms. The molecule has 4 rings (SSSR count). The van der Waals surface area contributed by atoms with E-state index >= 15 is 0 Å². The Morgan fingerprint density at radius 2 is 1.43 bits per heavy atom. The molecule has 0 radical (unpaired) electrons. The zero-order valence-electron chi connectivity index (χ0n) is 15.6. The molecule has 1 heterocycles. The number of amides is 1. The summed E-state index contributed by atoms with van der Waals surface area (Å²) in [7, 11) is 0. The van der Waals surface area contributed by atoms with Crippen molar-refractivity contribution in [3.63, 3.8) is 0 Å². The van der Waals surface area contributed by atoms with Crippen molar-refractivity contribution < 1.29 is 9.53 Å². The summed E-state index contributed by atoms with van der Waals surface area (Å²) in [5, 5.41) is 3.22. The number of hydrogen-bond donors (Lipinski definition) is 1. The normalized spacial score (nSPS) is 15.7. The van der Waals surface area contributed by atoms with Crippen molar-refractivity contribution in [1.82, 2.24) is 0 Å². The van der Waals surface area contributed by atoms with Gasteiger partial charge < -0.3 is 10.1 Å². The lowest BCUT2D eigenvalue weighted by Crippen LogP contribution is -2.44. The van der Waals surface area contributed by atoms with Gasteiger partial charge in [0.15, 0.2) is 0 Å². The number of ether oxygens (including phenoxy) is 1. The molecule has 142 valence electrons. The van der Waals surface area contributed by atoms with Gasteiger partial charge in [-0.25, -0.2) is 0 Å². The minimum absolute atomic E-state index is 0.0445. The highest BCUT2D eigenvalue weighted by Gasteiger charge is 2.41. The van der Waals surface area contributed by atoms with Crippen molar-refractivity contribution in [2.24, 2.45) is 0 Å². The number of carbonyl (C=O) groups is 1. The number of carbonyl (C=O) groups excluding carboxylic acids is 1. The summed E-state index contributed by atoms with van der Waals surface area (Å²) in [6, 6.07) is 28.3. The van der Waals surface area contributed by atoms with Crippen molar-refractivity contribution in [3.8, 4) is 0 Å². The predicted octanol–water partition coefficient (Wildman–Crippen LogP) is 5.52. The largest absolute Gasteiger partial charge is 0.381 e. The quantitative estimate of drug-likeness (QED) is 0.624. The van der Waals surface area contributed by atoms with Gasteiger partial charge in [0.2, 0.25) is 5.91 Å². The van der Waals surface area contributed by atoms with Crippen LogP contribution in [0.15, 0.2) is 94.7 Å². The smallest absolute Gasteiger partial charge is 0.235 e. The highest BCUT2D eigenvalue weighted by atomic mass is 32.2. The first-order valence-corrected chi connectivity index (χ1v) is 10.4. The van der Waals surface area contributed by atoms with Gasteiger partial charge in [0, 0.05) is 23.0 Å². The molecular formula is C24H23NO2S. The molecule has 0 aromatic heterocycles. The lowest BCUT2D eigenvalue weighted by molar-refractivity contribution is -0.125. The average molecular weight is 390 g/mol. The highest BCUT2D eigenvalue weighted by molar-refractivity contribution is 7.99. The first-order valence-electron chi connectivity index (χ1n) is 9.55. The van der Waals surface area contributed by atoms with Crippen LogP contribution in [-0.2, 0) is 14.9 Å². The average Bonchev–Trinajstić information content (AvgIpc) is 2.77. The summed E-state index contributed by atoms with van der Waals surface area (Å²) in [5.41, 5.74) is 1.36. The maximum Gasteiger partial charge on any atom is 0.235 e. The molecule has 1 amide bonds. The van der Waals surface area contributed by atoms with Crippen molar-refractivity contribution in [2.75, 3.05) is 18.5 Å². The Kier molecular flexibility index (Phi) is 5.79. The molecule has 0 saturated carbocycles. The van der Waals surface area contributed by atoms with Crippen LogP contribution in [0.1, 0.15) is 18.4 Å². The summed E-state index contributed by atoms with van der Waals surface area (Å²) >= 11 is 1.66. The van der Waals surface area contributed by atoms with Crippen molar-refractivity contribution >= 4 is 23.4 Å². The van der Waals surface area contributed by atoms with Gasteiger partial charge in [-0.05, 0) is 42.7 Å². The van der Waals surface area contributed by atoms with E-state index in [-0.39, 0.29) is 5.91 Å². The SMILES string of the molecule is O=C(Nc1ccccc1Sc1ccccc1)C1(c2ccccc2)CCOCC1. The fourth-order valence-corrected chi connectivity index (χ4v) is 4.56. The summed E-state index contributed by atoms with van der Waals surface area (Å²) in [6.45, 7) is 1.20. The lowest BCUT2D eigenvalue weighted by atomic mass is 9.73. The molecule has 1 aliphatic rings. The lowest BCUT2D eigenvalue weighted by Gasteiger charge is -2.36. The molecule has 1 N–H and O–H groups in total. The third-order valence-electron chi connectivity index (χ3n) is 5.21. The van der Waals surface area contributed by atoms with E-state index in [9.17, 15) is 4.79 Å². The topological polar surface area (TPSA) is 38.3 Å². The minimum Gasteiger partial charge on any atom is -0.381 e. The summed E-state index contributed by atoms with van der Waals surface area (Å²) < 4.78 is 5.57. The van der Waals surface area contributed by atoms with Gasteiger partial charge >= 0.3 is 0 Å². The van der Waals surface area contributed by atoms with Gasteiger partial charge in [0.1, 0.15) is 0 Å². The van der Waals surface area contributed by atoms with Crippen LogP contribution >= 0.6 is 11.8 Å². The molecule has 3 nitrogen and oxygen atoms in total. The molecule has 4 heteroatoms. The standard InChI is InChI=1S/C24H23NO2S/c26-23(24(15-17-27-18-16-24)19-9-3-1-4-10-19)25-21-13-7-8-14-22(21)28-20-11-5-2-6-12-20/h1-14H,15-18H2,(H,25,26). The van der Waals surface area contributed by atoms with Gasteiger partial charge in [-0.15, -0.1) is 0 Å². The van der Waals surface area contributed by atoms with Crippen molar-refractivity contribution in [2.45, 2.75) is 28.0 Å². The highest BCUT2D eigenvalue weighted by Crippen LogP contribution is 2.38. The van der Waals surface area contributed by atoms with Gasteiger partial charge in [0.25, 0.3) is 0 Å². The van der Waals surface area contributed by atoms with E-state index in [1.54, 1.807) is 11.8 Å². The van der Waals surface area contributed by atoms with Crippen LogP contribution in [0.5, 0.6) is 0 Å². The summed E-state index contributed by atoms with van der Waals surface area (Å²) in [6.07, 6.45) is 1.38. The molecule has 1 saturated heterocycles. The number of rotatable bonds is 5. The fourth-order valence-electron chi connectivity index (χ4n) is 3.64. The Balaban J connectivity index is 1.62. The molecule has 0 atom stereocenters. The van der Waals surface area contributed by atoms with E-state index in [4.69, 9.17) is 4.74 Å². The second-order valence-electron chi connectivity index (χ2n) is 6.93. The van der Waals surface area contributed by atoms with Crippen LogP contribution in [0.4, 0.5) is 5.69 Å². The number of hydrogen-bond acceptors (Lipinski definition) is 3. The molecular weight excluding hydrogens is 366 g/mol. The van der Waals surface area contributed by atoms with Crippen LogP contribution < -0.4 is 5.32 Å². The Labute approximate surface area is 170 Å². The molecule has 0 spiro atoms. The molecule has 1 fully saturated rings. The Bertz CT molecular complexity index is 922. The molecule has 0 unspecified atom stereocenters. The van der Waals surface area contributed by atoms with E-state index in [1.807, 2.05) is 60.7 Å². The molecule has 3 aromatic rings. The van der Waals surface area contributed by atoms with E-state index < -0.39 is 5.41 Å². The Hall–Kier alpha value is -2.56. The summed E-state index contributed by atoms with van der Waals surface area (Å²) in [4.78, 5) is 15.7. The van der Waals surface area contributed by atoms with Crippen LogP contribution in [0.2, 0.25) is 0 Å². The molecule has 3 aromatic carbocycles. The van der Waals surface area contributed by atoms with E-state index in [2.05, 4.69) is 29.6 Å². The number of anilines is 1. The van der Waals surface area contributed by atoms with Gasteiger partial charge in [-0.2, -0.15) is 0 Å². The monoisotopic (exact) mass is 389 g/mol. The van der Waals surface area contributed by atoms with Crippen LogP contribution in [0.3, 0.4) is 0 Å². The van der Waals surface area contributed by atoms with Gasteiger partial charge in [0.05, 0.1) is 11.1 Å². The van der Waals surface area contributed by atoms with E-state index in [0.717, 1.165) is 21.0 Å². The van der Waals surface area contributed by atoms with Crippen LogP contribution in [0.25, 0.3) is 0 Å². The van der Waals surface area contributed by atoms with Gasteiger partial charge in [-0.3, -0.25) is 4.79 Å². The summed E-state index contributed by atoms with van der Waals surface area (Å²) in [5.74, 6) is 0.0445. The van der Waals surface area contributed by atoms with E-state index in [0.29, 0.717) is 26.1 Å². The second kappa shape index (κ2) is 8.63. The van der Waals surface area contributed by atoms with Crippen LogP contribution in [-0.4, -0.2) is 19.1 Å². The van der Waals surface area contributed by atoms with Crippen LogP contribution in [0, 0.1) is 0 Å². The first-order chi connectivity index (χ1) is 13.8.